The number of nitrogens with zero attached hydrogens (tertiary/aromatic N) is 3. The fraction of sp³-hybridized carbons (Fsp3) is 0.667. The van der Waals surface area contributed by atoms with Gasteiger partial charge in [-0.2, -0.15) is 13.2 Å². The van der Waals surface area contributed by atoms with Gasteiger partial charge in [0.1, 0.15) is 5.75 Å². The van der Waals surface area contributed by atoms with Gasteiger partial charge < -0.3 is 19.7 Å². The third-order valence-electron chi connectivity index (χ3n) is 5.43. The Balaban J connectivity index is 1.64. The molecule has 6 nitrogen and oxygen atoms in total. The average Bonchev–Trinajstić information content (AvgIpc) is 3.19. The summed E-state index contributed by atoms with van der Waals surface area (Å²) < 4.78 is 51.6. The van der Waals surface area contributed by atoms with Crippen molar-refractivity contribution in [1.29, 1.82) is 0 Å². The van der Waals surface area contributed by atoms with E-state index < -0.39 is 11.7 Å². The van der Waals surface area contributed by atoms with Crippen LogP contribution in [0.5, 0.6) is 5.75 Å². The SMILES string of the molecule is CN=C(NCc1ccc(OC(C)C)cc1C(F)(F)F)N1CCC(N2CCOCC2)C1. The quantitative estimate of drug-likeness (QED) is 0.577. The molecule has 1 unspecified atom stereocenters. The van der Waals surface area contributed by atoms with Crippen molar-refractivity contribution >= 4 is 5.96 Å². The summed E-state index contributed by atoms with van der Waals surface area (Å²) >= 11 is 0. The van der Waals surface area contributed by atoms with Crippen LogP contribution in [0.4, 0.5) is 13.2 Å². The maximum Gasteiger partial charge on any atom is 0.416 e. The molecule has 0 amide bonds. The van der Waals surface area contributed by atoms with Crippen LogP contribution >= 0.6 is 0 Å². The number of likely N-dealkylation sites (tertiary alicyclic amines) is 1. The molecule has 0 saturated carbocycles. The Morgan fingerprint density at radius 2 is 2.00 bits per heavy atom. The Bertz CT molecular complexity index is 733. The summed E-state index contributed by atoms with van der Waals surface area (Å²) in [5, 5.41) is 3.12. The number of halogens is 3. The molecule has 168 valence electrons. The van der Waals surface area contributed by atoms with Crippen LogP contribution in [0.3, 0.4) is 0 Å². The molecule has 0 spiro atoms. The molecular weight excluding hydrogens is 397 g/mol. The summed E-state index contributed by atoms with van der Waals surface area (Å²) in [5.41, 5.74) is -0.514. The van der Waals surface area contributed by atoms with Crippen LogP contribution in [0.2, 0.25) is 0 Å². The van der Waals surface area contributed by atoms with Crippen molar-refractivity contribution in [1.82, 2.24) is 15.1 Å². The van der Waals surface area contributed by atoms with Gasteiger partial charge in [-0.1, -0.05) is 6.07 Å². The third kappa shape index (κ3) is 5.78. The molecule has 0 radical (unpaired) electrons. The summed E-state index contributed by atoms with van der Waals surface area (Å²) in [6.07, 6.45) is -3.63. The van der Waals surface area contributed by atoms with Crippen LogP contribution in [0, 0.1) is 0 Å². The topological polar surface area (TPSA) is 49.3 Å². The number of hydrogen-bond acceptors (Lipinski definition) is 4. The molecule has 0 aliphatic carbocycles. The second-order valence-corrected chi connectivity index (χ2v) is 7.92. The van der Waals surface area contributed by atoms with Gasteiger partial charge in [-0.3, -0.25) is 9.89 Å². The first-order valence-electron chi connectivity index (χ1n) is 10.4. The molecule has 0 aromatic heterocycles. The average molecular weight is 428 g/mol. The molecule has 2 aliphatic rings. The Labute approximate surface area is 176 Å². The van der Waals surface area contributed by atoms with Crippen molar-refractivity contribution in [2.75, 3.05) is 46.4 Å². The van der Waals surface area contributed by atoms with Gasteiger partial charge in [-0.05, 0) is 38.0 Å². The second kappa shape index (κ2) is 9.87. The highest BCUT2D eigenvalue weighted by Gasteiger charge is 2.34. The first-order chi connectivity index (χ1) is 14.3. The Hall–Kier alpha value is -2.00. The lowest BCUT2D eigenvalue weighted by Gasteiger charge is -2.32. The van der Waals surface area contributed by atoms with Gasteiger partial charge in [-0.15, -0.1) is 0 Å². The first-order valence-corrected chi connectivity index (χ1v) is 10.4. The number of rotatable bonds is 5. The minimum absolute atomic E-state index is 0.0438. The van der Waals surface area contributed by atoms with Gasteiger partial charge in [-0.25, -0.2) is 0 Å². The van der Waals surface area contributed by atoms with Gasteiger partial charge in [0.15, 0.2) is 5.96 Å². The van der Waals surface area contributed by atoms with Gasteiger partial charge in [0.25, 0.3) is 0 Å². The molecule has 9 heteroatoms. The molecule has 1 aromatic carbocycles. The third-order valence-corrected chi connectivity index (χ3v) is 5.43. The number of benzene rings is 1. The lowest BCUT2D eigenvalue weighted by atomic mass is 10.1. The minimum Gasteiger partial charge on any atom is -0.491 e. The molecular formula is C21H31F3N4O2. The van der Waals surface area contributed by atoms with Crippen molar-refractivity contribution in [3.05, 3.63) is 29.3 Å². The van der Waals surface area contributed by atoms with Crippen molar-refractivity contribution in [3.8, 4) is 5.75 Å². The zero-order valence-corrected chi connectivity index (χ0v) is 17.8. The lowest BCUT2D eigenvalue weighted by Crippen LogP contribution is -2.46. The fourth-order valence-corrected chi connectivity index (χ4v) is 4.00. The van der Waals surface area contributed by atoms with Crippen LogP contribution in [-0.4, -0.2) is 74.3 Å². The highest BCUT2D eigenvalue weighted by Crippen LogP contribution is 2.34. The standard InChI is InChI=1S/C21H31F3N4O2/c1-15(2)30-18-5-4-16(19(12-18)21(22,23)24)13-26-20(25-3)28-7-6-17(14-28)27-8-10-29-11-9-27/h4-5,12,15,17H,6-11,13-14H2,1-3H3,(H,25,26). The molecule has 1 N–H and O–H groups in total. The lowest BCUT2D eigenvalue weighted by molar-refractivity contribution is -0.138. The number of nitrogens with one attached hydrogen (secondary N) is 1. The van der Waals surface area contributed by atoms with E-state index in [0.717, 1.165) is 51.9 Å². The van der Waals surface area contributed by atoms with E-state index in [0.29, 0.717) is 12.0 Å². The summed E-state index contributed by atoms with van der Waals surface area (Å²) in [6.45, 7) is 8.60. The Kier molecular flexibility index (Phi) is 7.46. The fourth-order valence-electron chi connectivity index (χ4n) is 4.00. The number of alkyl halides is 3. The van der Waals surface area contributed by atoms with Crippen molar-refractivity contribution in [2.24, 2.45) is 4.99 Å². The van der Waals surface area contributed by atoms with Gasteiger partial charge in [0.2, 0.25) is 0 Å². The molecule has 1 aromatic rings. The van der Waals surface area contributed by atoms with Crippen molar-refractivity contribution in [2.45, 2.75) is 45.1 Å². The van der Waals surface area contributed by atoms with E-state index in [4.69, 9.17) is 9.47 Å². The number of ether oxygens (including phenoxy) is 2. The molecule has 2 aliphatic heterocycles. The zero-order valence-electron chi connectivity index (χ0n) is 17.8. The normalized spacial score (nSPS) is 21.4. The monoisotopic (exact) mass is 428 g/mol. The summed E-state index contributed by atoms with van der Waals surface area (Å²) in [5.74, 6) is 0.847. The summed E-state index contributed by atoms with van der Waals surface area (Å²) in [4.78, 5) is 8.83. The molecule has 2 fully saturated rings. The van der Waals surface area contributed by atoms with E-state index in [2.05, 4.69) is 20.1 Å². The Morgan fingerprint density at radius 3 is 2.63 bits per heavy atom. The van der Waals surface area contributed by atoms with Gasteiger partial charge in [0.05, 0.1) is 24.9 Å². The first kappa shape index (κ1) is 22.7. The van der Waals surface area contributed by atoms with Crippen LogP contribution in [-0.2, 0) is 17.5 Å². The second-order valence-electron chi connectivity index (χ2n) is 7.92. The highest BCUT2D eigenvalue weighted by molar-refractivity contribution is 5.80. The van der Waals surface area contributed by atoms with Crippen LogP contribution in [0.25, 0.3) is 0 Å². The zero-order chi connectivity index (χ0) is 21.7. The maximum atomic E-state index is 13.6. The molecule has 0 bridgehead atoms. The van der Waals surface area contributed by atoms with Crippen LogP contribution < -0.4 is 10.1 Å². The van der Waals surface area contributed by atoms with E-state index in [-0.39, 0.29) is 24.0 Å². The largest absolute Gasteiger partial charge is 0.491 e. The molecule has 3 rings (SSSR count). The van der Waals surface area contributed by atoms with E-state index in [1.807, 2.05) is 0 Å². The predicted octanol–water partition coefficient (Wildman–Crippen LogP) is 2.97. The number of hydrogen-bond donors (Lipinski definition) is 1. The van der Waals surface area contributed by atoms with Crippen LogP contribution in [0.1, 0.15) is 31.4 Å². The summed E-state index contributed by atoms with van der Waals surface area (Å²) in [6, 6.07) is 4.55. The number of morpholine rings is 1. The van der Waals surface area contributed by atoms with E-state index >= 15 is 0 Å². The van der Waals surface area contributed by atoms with Crippen molar-refractivity contribution < 1.29 is 22.6 Å². The van der Waals surface area contributed by atoms with Gasteiger partial charge in [0, 0.05) is 45.8 Å². The number of aliphatic imine (C=N–C) groups is 1. The molecule has 30 heavy (non-hydrogen) atoms. The van der Waals surface area contributed by atoms with Gasteiger partial charge >= 0.3 is 6.18 Å². The molecule has 2 heterocycles. The highest BCUT2D eigenvalue weighted by atomic mass is 19.4. The number of guanidine groups is 1. The maximum absolute atomic E-state index is 13.6. The smallest absolute Gasteiger partial charge is 0.416 e. The van der Waals surface area contributed by atoms with E-state index in [9.17, 15) is 13.2 Å². The molecule has 1 atom stereocenters. The minimum atomic E-state index is -4.45. The van der Waals surface area contributed by atoms with Crippen LogP contribution in [0.15, 0.2) is 23.2 Å². The predicted molar refractivity (Wildman–Crippen MR) is 110 cm³/mol. The Morgan fingerprint density at radius 1 is 1.27 bits per heavy atom. The van der Waals surface area contributed by atoms with E-state index in [1.165, 1.54) is 6.07 Å². The molecule has 2 saturated heterocycles. The summed E-state index contributed by atoms with van der Waals surface area (Å²) in [7, 11) is 1.66. The van der Waals surface area contributed by atoms with E-state index in [1.54, 1.807) is 27.0 Å². The van der Waals surface area contributed by atoms with Crippen molar-refractivity contribution in [3.63, 3.8) is 0 Å².